The van der Waals surface area contributed by atoms with Crippen molar-refractivity contribution in [2.75, 3.05) is 13.2 Å². The molecule has 21 heavy (non-hydrogen) atoms. The lowest BCUT2D eigenvalue weighted by Gasteiger charge is -2.25. The van der Waals surface area contributed by atoms with E-state index in [1.165, 1.54) is 34.4 Å². The Labute approximate surface area is 131 Å². The van der Waals surface area contributed by atoms with Gasteiger partial charge in [0.1, 0.15) is 0 Å². The summed E-state index contributed by atoms with van der Waals surface area (Å²) >= 11 is 1.82. The van der Waals surface area contributed by atoms with Crippen LogP contribution in [0, 0.1) is 6.92 Å². The van der Waals surface area contributed by atoms with Crippen LogP contribution < -0.4 is 5.32 Å². The molecule has 1 N–H and O–H groups in total. The van der Waals surface area contributed by atoms with Gasteiger partial charge in [0.05, 0.1) is 12.7 Å². The summed E-state index contributed by atoms with van der Waals surface area (Å²) in [4.78, 5) is 1.43. The van der Waals surface area contributed by atoms with Gasteiger partial charge in [-0.15, -0.1) is 11.3 Å². The van der Waals surface area contributed by atoms with Crippen LogP contribution in [0.4, 0.5) is 0 Å². The summed E-state index contributed by atoms with van der Waals surface area (Å²) in [6.45, 7) is 4.82. The summed E-state index contributed by atoms with van der Waals surface area (Å²) in [5.41, 5.74) is 4.25. The second kappa shape index (κ2) is 7.21. The molecular formula is C18H23NOS. The van der Waals surface area contributed by atoms with Gasteiger partial charge in [-0.05, 0) is 54.3 Å². The van der Waals surface area contributed by atoms with Gasteiger partial charge < -0.3 is 10.1 Å². The summed E-state index contributed by atoms with van der Waals surface area (Å²) in [6.07, 6.45) is 3.89. The van der Waals surface area contributed by atoms with E-state index in [4.69, 9.17) is 4.74 Å². The molecule has 0 amide bonds. The molecule has 1 aromatic heterocycles. The SMILES string of the molecule is Cc1ccsc1CNCCOC1CCCc2ccccc21. The lowest BCUT2D eigenvalue weighted by Crippen LogP contribution is -2.21. The van der Waals surface area contributed by atoms with Crippen molar-refractivity contribution in [2.45, 2.75) is 38.8 Å². The molecular weight excluding hydrogens is 278 g/mol. The maximum atomic E-state index is 6.10. The van der Waals surface area contributed by atoms with Crippen molar-refractivity contribution >= 4 is 11.3 Å². The molecule has 0 aliphatic heterocycles. The van der Waals surface area contributed by atoms with Crippen molar-refractivity contribution in [3.8, 4) is 0 Å². The zero-order chi connectivity index (χ0) is 14.5. The fourth-order valence-corrected chi connectivity index (χ4v) is 3.82. The molecule has 3 rings (SSSR count). The number of nitrogens with one attached hydrogen (secondary N) is 1. The number of benzene rings is 1. The van der Waals surface area contributed by atoms with E-state index in [9.17, 15) is 0 Å². The predicted octanol–water partition coefficient (Wildman–Crippen LogP) is 4.24. The third kappa shape index (κ3) is 3.73. The molecule has 0 spiro atoms. The average Bonchev–Trinajstić information content (AvgIpc) is 2.92. The van der Waals surface area contributed by atoms with Crippen LogP contribution in [0.25, 0.3) is 0 Å². The molecule has 0 radical (unpaired) electrons. The summed E-state index contributed by atoms with van der Waals surface area (Å²) in [7, 11) is 0. The molecule has 3 heteroatoms. The second-order valence-corrected chi connectivity index (χ2v) is 6.65. The van der Waals surface area contributed by atoms with Crippen LogP contribution in [-0.4, -0.2) is 13.2 Å². The Morgan fingerprint density at radius 2 is 2.19 bits per heavy atom. The molecule has 2 nitrogen and oxygen atoms in total. The van der Waals surface area contributed by atoms with Gasteiger partial charge in [-0.3, -0.25) is 0 Å². The molecule has 0 fully saturated rings. The van der Waals surface area contributed by atoms with Crippen LogP contribution >= 0.6 is 11.3 Å². The van der Waals surface area contributed by atoms with E-state index in [1.54, 1.807) is 0 Å². The molecule has 2 aromatic rings. The predicted molar refractivity (Wildman–Crippen MR) is 88.8 cm³/mol. The minimum atomic E-state index is 0.292. The Balaban J connectivity index is 1.43. The van der Waals surface area contributed by atoms with Crippen LogP contribution in [0.15, 0.2) is 35.7 Å². The zero-order valence-corrected chi connectivity index (χ0v) is 13.4. The first kappa shape index (κ1) is 14.8. The molecule has 1 aromatic carbocycles. The first-order valence-electron chi connectivity index (χ1n) is 7.77. The molecule has 0 bridgehead atoms. The highest BCUT2D eigenvalue weighted by Gasteiger charge is 2.19. The Kier molecular flexibility index (Phi) is 5.07. The van der Waals surface area contributed by atoms with Crippen LogP contribution in [-0.2, 0) is 17.7 Å². The third-order valence-electron chi connectivity index (χ3n) is 4.17. The van der Waals surface area contributed by atoms with Gasteiger partial charge >= 0.3 is 0 Å². The summed E-state index contributed by atoms with van der Waals surface area (Å²) in [6, 6.07) is 10.9. The lowest BCUT2D eigenvalue weighted by atomic mass is 9.89. The van der Waals surface area contributed by atoms with Gasteiger partial charge in [-0.25, -0.2) is 0 Å². The third-order valence-corrected chi connectivity index (χ3v) is 5.19. The van der Waals surface area contributed by atoms with Crippen LogP contribution in [0.1, 0.15) is 40.5 Å². The Morgan fingerprint density at radius 3 is 3.05 bits per heavy atom. The minimum absolute atomic E-state index is 0.292. The summed E-state index contributed by atoms with van der Waals surface area (Å²) in [5, 5.41) is 5.63. The smallest absolute Gasteiger partial charge is 0.0828 e. The summed E-state index contributed by atoms with van der Waals surface area (Å²) in [5.74, 6) is 0. The van der Waals surface area contributed by atoms with Crippen molar-refractivity contribution in [3.05, 3.63) is 57.3 Å². The topological polar surface area (TPSA) is 21.3 Å². The van der Waals surface area contributed by atoms with Gasteiger partial charge in [0.25, 0.3) is 0 Å². The number of hydrogen-bond donors (Lipinski definition) is 1. The number of hydrogen-bond acceptors (Lipinski definition) is 3. The van der Waals surface area contributed by atoms with E-state index < -0.39 is 0 Å². The highest BCUT2D eigenvalue weighted by molar-refractivity contribution is 7.10. The maximum Gasteiger partial charge on any atom is 0.0828 e. The van der Waals surface area contributed by atoms with E-state index in [0.29, 0.717) is 6.10 Å². The first-order chi connectivity index (χ1) is 10.3. The number of fused-ring (bicyclic) bond motifs is 1. The number of thiophene rings is 1. The molecule has 0 saturated heterocycles. The van der Waals surface area contributed by atoms with Crippen molar-refractivity contribution in [1.82, 2.24) is 5.32 Å². The van der Waals surface area contributed by atoms with Gasteiger partial charge in [0, 0.05) is 18.0 Å². The van der Waals surface area contributed by atoms with E-state index in [-0.39, 0.29) is 0 Å². The minimum Gasteiger partial charge on any atom is -0.372 e. The van der Waals surface area contributed by atoms with E-state index in [2.05, 4.69) is 48.0 Å². The average molecular weight is 301 g/mol. The molecule has 0 saturated carbocycles. The summed E-state index contributed by atoms with van der Waals surface area (Å²) < 4.78 is 6.10. The van der Waals surface area contributed by atoms with Gasteiger partial charge in [0.2, 0.25) is 0 Å². The largest absolute Gasteiger partial charge is 0.372 e. The number of ether oxygens (including phenoxy) is 1. The van der Waals surface area contributed by atoms with Crippen molar-refractivity contribution in [1.29, 1.82) is 0 Å². The Hall–Kier alpha value is -1.16. The molecule has 112 valence electrons. The van der Waals surface area contributed by atoms with Gasteiger partial charge in [-0.1, -0.05) is 24.3 Å². The quantitative estimate of drug-likeness (QED) is 0.806. The Bertz CT molecular complexity index is 578. The molecule has 1 unspecified atom stereocenters. The van der Waals surface area contributed by atoms with Crippen LogP contribution in [0.3, 0.4) is 0 Å². The molecule has 1 aliphatic carbocycles. The van der Waals surface area contributed by atoms with Crippen molar-refractivity contribution in [3.63, 3.8) is 0 Å². The number of rotatable bonds is 6. The highest BCUT2D eigenvalue weighted by Crippen LogP contribution is 2.31. The van der Waals surface area contributed by atoms with Crippen LogP contribution in [0.2, 0.25) is 0 Å². The normalized spacial score (nSPS) is 17.7. The molecule has 1 heterocycles. The molecule has 1 atom stereocenters. The standard InChI is InChI=1S/C18H23NOS/c1-14-9-12-21-18(14)13-19-10-11-20-17-8-4-6-15-5-2-3-7-16(15)17/h2-3,5,7,9,12,17,19H,4,6,8,10-11,13H2,1H3. The monoisotopic (exact) mass is 301 g/mol. The fourth-order valence-electron chi connectivity index (χ4n) is 2.94. The van der Waals surface area contributed by atoms with E-state index in [1.807, 2.05) is 11.3 Å². The van der Waals surface area contributed by atoms with Gasteiger partial charge in [-0.2, -0.15) is 0 Å². The first-order valence-corrected chi connectivity index (χ1v) is 8.65. The van der Waals surface area contributed by atoms with Crippen molar-refractivity contribution in [2.24, 2.45) is 0 Å². The Morgan fingerprint density at radius 1 is 1.29 bits per heavy atom. The highest BCUT2D eigenvalue weighted by atomic mass is 32.1. The van der Waals surface area contributed by atoms with E-state index >= 15 is 0 Å². The maximum absolute atomic E-state index is 6.10. The molecule has 1 aliphatic rings. The fraction of sp³-hybridized carbons (Fsp3) is 0.444. The lowest BCUT2D eigenvalue weighted by molar-refractivity contribution is 0.0426. The number of aryl methyl sites for hydroxylation is 2. The van der Waals surface area contributed by atoms with E-state index in [0.717, 1.165) is 26.1 Å². The zero-order valence-electron chi connectivity index (χ0n) is 12.6. The second-order valence-electron chi connectivity index (χ2n) is 5.65. The van der Waals surface area contributed by atoms with Crippen molar-refractivity contribution < 1.29 is 4.74 Å². The van der Waals surface area contributed by atoms with Crippen LogP contribution in [0.5, 0.6) is 0 Å². The van der Waals surface area contributed by atoms with Gasteiger partial charge in [0.15, 0.2) is 0 Å².